The van der Waals surface area contributed by atoms with Crippen molar-refractivity contribution in [3.63, 3.8) is 0 Å². The Morgan fingerprint density at radius 2 is 1.79 bits per heavy atom. The highest BCUT2D eigenvalue weighted by Gasteiger charge is 2.30. The van der Waals surface area contributed by atoms with Gasteiger partial charge in [-0.2, -0.15) is 0 Å². The Labute approximate surface area is 230 Å². The first-order chi connectivity index (χ1) is 18.8. The summed E-state index contributed by atoms with van der Waals surface area (Å²) in [5, 5.41) is 28.4. The third kappa shape index (κ3) is 6.87. The lowest BCUT2D eigenvalue weighted by molar-refractivity contribution is -0.139. The van der Waals surface area contributed by atoms with Crippen molar-refractivity contribution in [2.75, 3.05) is 37.4 Å². The summed E-state index contributed by atoms with van der Waals surface area (Å²) in [4.78, 5) is 36.9. The second-order valence-electron chi connectivity index (χ2n) is 9.21. The number of hydrogen-bond acceptors (Lipinski definition) is 8. The number of ether oxygens (including phenoxy) is 2. The molecule has 1 fully saturated rings. The number of rotatable bonds is 11. The smallest absolute Gasteiger partial charge is 0.349 e. The number of carboxylic acid groups (broad SMARTS) is 2. The SMILES string of the molecule is COc1cccc(NC(=O)C(Nc2cccc(-c3sc(C(=O)O)c(OCC(=O)O)c3C)c2)C2CCNCC2)c1. The third-order valence-electron chi connectivity index (χ3n) is 6.55. The predicted molar refractivity (Wildman–Crippen MR) is 149 cm³/mol. The van der Waals surface area contributed by atoms with Gasteiger partial charge < -0.3 is 35.6 Å². The van der Waals surface area contributed by atoms with Crippen LogP contribution < -0.4 is 25.4 Å². The molecule has 4 rings (SSSR count). The van der Waals surface area contributed by atoms with Gasteiger partial charge in [0.05, 0.1) is 7.11 Å². The van der Waals surface area contributed by atoms with Crippen LogP contribution in [0.4, 0.5) is 11.4 Å². The number of hydrogen-bond donors (Lipinski definition) is 5. The third-order valence-corrected chi connectivity index (χ3v) is 7.86. The number of aromatic carboxylic acids is 1. The van der Waals surface area contributed by atoms with Gasteiger partial charge in [-0.1, -0.05) is 18.2 Å². The first kappa shape index (κ1) is 27.9. The van der Waals surface area contributed by atoms with Gasteiger partial charge in [-0.15, -0.1) is 11.3 Å². The summed E-state index contributed by atoms with van der Waals surface area (Å²) >= 11 is 1.02. The van der Waals surface area contributed by atoms with Crippen molar-refractivity contribution in [1.29, 1.82) is 0 Å². The van der Waals surface area contributed by atoms with Crippen LogP contribution >= 0.6 is 11.3 Å². The Balaban J connectivity index is 1.61. The van der Waals surface area contributed by atoms with E-state index in [0.29, 0.717) is 27.6 Å². The number of nitrogens with one attached hydrogen (secondary N) is 3. The quantitative estimate of drug-likeness (QED) is 0.234. The molecule has 0 spiro atoms. The van der Waals surface area contributed by atoms with E-state index in [1.807, 2.05) is 42.5 Å². The topological polar surface area (TPSA) is 146 Å². The van der Waals surface area contributed by atoms with Crippen LogP contribution in [-0.4, -0.2) is 60.9 Å². The number of aliphatic carboxylic acids is 1. The Bertz CT molecular complexity index is 1350. The average Bonchev–Trinajstić information content (AvgIpc) is 3.27. The fourth-order valence-corrected chi connectivity index (χ4v) is 5.73. The molecule has 2 heterocycles. The van der Waals surface area contributed by atoms with E-state index in [1.165, 1.54) is 0 Å². The van der Waals surface area contributed by atoms with E-state index in [1.54, 1.807) is 20.1 Å². The van der Waals surface area contributed by atoms with Crippen molar-refractivity contribution in [1.82, 2.24) is 5.32 Å². The molecule has 0 aliphatic carbocycles. The van der Waals surface area contributed by atoms with Gasteiger partial charge in [-0.05, 0) is 68.6 Å². The van der Waals surface area contributed by atoms with Crippen molar-refractivity contribution in [2.45, 2.75) is 25.8 Å². The van der Waals surface area contributed by atoms with Crippen molar-refractivity contribution in [2.24, 2.45) is 5.92 Å². The van der Waals surface area contributed by atoms with Crippen LogP contribution in [0, 0.1) is 12.8 Å². The maximum atomic E-state index is 13.5. The Hall–Kier alpha value is -4.09. The Morgan fingerprint density at radius 1 is 1.08 bits per heavy atom. The van der Waals surface area contributed by atoms with Gasteiger partial charge >= 0.3 is 11.9 Å². The maximum absolute atomic E-state index is 13.5. The fourth-order valence-electron chi connectivity index (χ4n) is 4.65. The zero-order valence-corrected chi connectivity index (χ0v) is 22.5. The molecule has 39 heavy (non-hydrogen) atoms. The first-order valence-corrected chi connectivity index (χ1v) is 13.3. The van der Waals surface area contributed by atoms with E-state index in [9.17, 15) is 19.5 Å². The molecule has 1 amide bonds. The predicted octanol–water partition coefficient (Wildman–Crippen LogP) is 4.31. The number of benzene rings is 2. The lowest BCUT2D eigenvalue weighted by Crippen LogP contribution is -2.45. The van der Waals surface area contributed by atoms with Crippen molar-refractivity contribution >= 4 is 40.6 Å². The zero-order chi connectivity index (χ0) is 27.9. The number of amides is 1. The van der Waals surface area contributed by atoms with Crippen LogP contribution in [0.5, 0.6) is 11.5 Å². The van der Waals surface area contributed by atoms with Gasteiger partial charge in [-0.3, -0.25) is 4.79 Å². The number of methoxy groups -OCH3 is 1. The second-order valence-corrected chi connectivity index (χ2v) is 10.2. The lowest BCUT2D eigenvalue weighted by Gasteiger charge is -2.31. The molecule has 3 aromatic rings. The molecule has 1 aliphatic rings. The summed E-state index contributed by atoms with van der Waals surface area (Å²) in [5.74, 6) is -1.76. The molecule has 1 atom stereocenters. The molecular weight excluding hydrogens is 522 g/mol. The maximum Gasteiger partial charge on any atom is 0.349 e. The fraction of sp³-hybridized carbons (Fsp3) is 0.321. The summed E-state index contributed by atoms with van der Waals surface area (Å²) in [6, 6.07) is 14.1. The van der Waals surface area contributed by atoms with Gasteiger partial charge in [0.25, 0.3) is 0 Å². The van der Waals surface area contributed by atoms with Crippen LogP contribution in [0.25, 0.3) is 10.4 Å². The summed E-state index contributed by atoms with van der Waals surface area (Å²) in [7, 11) is 1.57. The van der Waals surface area contributed by atoms with Gasteiger partial charge in [0.15, 0.2) is 11.5 Å². The van der Waals surface area contributed by atoms with Gasteiger partial charge in [0.1, 0.15) is 17.5 Å². The van der Waals surface area contributed by atoms with Crippen LogP contribution in [0.15, 0.2) is 48.5 Å². The molecule has 0 radical (unpaired) electrons. The summed E-state index contributed by atoms with van der Waals surface area (Å²) in [6.45, 7) is 2.70. The minimum atomic E-state index is -1.19. The van der Waals surface area contributed by atoms with Crippen molar-refractivity contribution in [3.8, 4) is 21.9 Å². The van der Waals surface area contributed by atoms with Crippen molar-refractivity contribution < 1.29 is 34.1 Å². The number of carbonyl (C=O) groups excluding carboxylic acids is 1. The highest BCUT2D eigenvalue weighted by molar-refractivity contribution is 7.18. The molecule has 11 heteroatoms. The Kier molecular flexibility index (Phi) is 9.05. The minimum Gasteiger partial charge on any atom is -0.497 e. The monoisotopic (exact) mass is 553 g/mol. The normalized spacial score (nSPS) is 14.3. The standard InChI is InChI=1S/C28H31N3O7S/c1-16-24(38-15-22(32)33)26(28(35)36)39-25(16)18-5-3-6-19(13-18)30-23(17-9-11-29-12-10-17)27(34)31-20-7-4-8-21(14-20)37-2/h3-8,13-14,17,23,29-30H,9-12,15H2,1-2H3,(H,31,34)(H,32,33)(H,35,36). The summed E-state index contributed by atoms with van der Waals surface area (Å²) in [6.07, 6.45) is 1.67. The lowest BCUT2D eigenvalue weighted by atomic mass is 9.89. The number of piperidine rings is 1. The van der Waals surface area contributed by atoms with Crippen LogP contribution in [0.3, 0.4) is 0 Å². The number of carbonyl (C=O) groups is 3. The van der Waals surface area contributed by atoms with E-state index in [-0.39, 0.29) is 22.5 Å². The van der Waals surface area contributed by atoms with E-state index < -0.39 is 24.6 Å². The Morgan fingerprint density at radius 3 is 2.49 bits per heavy atom. The molecule has 5 N–H and O–H groups in total. The highest BCUT2D eigenvalue weighted by Crippen LogP contribution is 2.42. The van der Waals surface area contributed by atoms with E-state index in [0.717, 1.165) is 42.8 Å². The molecule has 1 unspecified atom stereocenters. The molecule has 0 bridgehead atoms. The van der Waals surface area contributed by atoms with Crippen molar-refractivity contribution in [3.05, 3.63) is 59.0 Å². The zero-order valence-electron chi connectivity index (χ0n) is 21.7. The van der Waals surface area contributed by atoms with Gasteiger partial charge in [-0.25, -0.2) is 9.59 Å². The van der Waals surface area contributed by atoms with Crippen LogP contribution in [0.1, 0.15) is 28.1 Å². The number of anilines is 2. The first-order valence-electron chi connectivity index (χ1n) is 12.5. The molecule has 206 valence electrons. The number of thiophene rings is 1. The van der Waals surface area contributed by atoms with Crippen LogP contribution in [-0.2, 0) is 9.59 Å². The largest absolute Gasteiger partial charge is 0.497 e. The van der Waals surface area contributed by atoms with E-state index in [4.69, 9.17) is 14.6 Å². The molecule has 1 aromatic heterocycles. The molecule has 0 saturated carbocycles. The molecule has 2 aromatic carbocycles. The van der Waals surface area contributed by atoms with E-state index in [2.05, 4.69) is 16.0 Å². The average molecular weight is 554 g/mol. The second kappa shape index (κ2) is 12.6. The molecule has 1 saturated heterocycles. The minimum absolute atomic E-state index is 0.0495. The molecule has 10 nitrogen and oxygen atoms in total. The van der Waals surface area contributed by atoms with E-state index >= 15 is 0 Å². The molecule has 1 aliphatic heterocycles. The highest BCUT2D eigenvalue weighted by atomic mass is 32.1. The summed E-state index contributed by atoms with van der Waals surface area (Å²) in [5.41, 5.74) is 2.61. The van der Waals surface area contributed by atoms with Gasteiger partial charge in [0, 0.05) is 27.9 Å². The van der Waals surface area contributed by atoms with Gasteiger partial charge in [0.2, 0.25) is 5.91 Å². The number of carboxylic acids is 2. The molecular formula is C28H31N3O7S. The summed E-state index contributed by atoms with van der Waals surface area (Å²) < 4.78 is 10.6. The van der Waals surface area contributed by atoms with Crippen LogP contribution in [0.2, 0.25) is 0 Å².